The number of ether oxygens (including phenoxy) is 2. The van der Waals surface area contributed by atoms with Crippen LogP contribution < -0.4 is 9.47 Å². The fourth-order valence-corrected chi connectivity index (χ4v) is 6.15. The number of benzene rings is 3. The lowest BCUT2D eigenvalue weighted by atomic mass is 9.90. The highest BCUT2D eigenvalue weighted by Gasteiger charge is 2.33. The van der Waals surface area contributed by atoms with Gasteiger partial charge in [0.2, 0.25) is 0 Å². The molecule has 1 unspecified atom stereocenters. The van der Waals surface area contributed by atoms with E-state index in [1.54, 1.807) is 14.2 Å². The molecule has 0 fully saturated rings. The van der Waals surface area contributed by atoms with Crippen molar-refractivity contribution in [1.29, 1.82) is 0 Å². The number of aliphatic hydroxyl groups is 1. The normalized spacial score (nSPS) is 18.5. The number of hydrogen-bond donors (Lipinski definition) is 1. The van der Waals surface area contributed by atoms with Crippen LogP contribution in [0.2, 0.25) is 5.02 Å². The smallest absolute Gasteiger partial charge is 0.165 e. The highest BCUT2D eigenvalue weighted by atomic mass is 35.5. The molecular formula is C26H27ClO3S. The van der Waals surface area contributed by atoms with Gasteiger partial charge in [0.15, 0.2) is 11.5 Å². The monoisotopic (exact) mass is 454 g/mol. The zero-order valence-electron chi connectivity index (χ0n) is 18.0. The van der Waals surface area contributed by atoms with Crippen LogP contribution in [0.1, 0.15) is 47.0 Å². The largest absolute Gasteiger partial charge is 0.493 e. The molecule has 31 heavy (non-hydrogen) atoms. The predicted molar refractivity (Wildman–Crippen MR) is 130 cm³/mol. The first-order valence-electron chi connectivity index (χ1n) is 10.5. The highest BCUT2D eigenvalue weighted by molar-refractivity contribution is 8.00. The fraction of sp³-hybridized carbons (Fsp3) is 0.308. The summed E-state index contributed by atoms with van der Waals surface area (Å²) in [5.74, 6) is 1.44. The second kappa shape index (κ2) is 9.56. The summed E-state index contributed by atoms with van der Waals surface area (Å²) in [5, 5.41) is 11.3. The van der Waals surface area contributed by atoms with E-state index >= 15 is 0 Å². The Morgan fingerprint density at radius 2 is 1.68 bits per heavy atom. The highest BCUT2D eigenvalue weighted by Crippen LogP contribution is 2.56. The molecule has 0 aliphatic carbocycles. The van der Waals surface area contributed by atoms with Crippen molar-refractivity contribution >= 4 is 23.4 Å². The van der Waals surface area contributed by atoms with E-state index in [4.69, 9.17) is 21.1 Å². The van der Waals surface area contributed by atoms with Crippen LogP contribution in [0.3, 0.4) is 0 Å². The van der Waals surface area contributed by atoms with Crippen molar-refractivity contribution in [3.8, 4) is 22.6 Å². The SMILES string of the molecule is CCC(O)C[C@H]1S[C@H](c2cccc(OC)c2OC)c2cc(Cl)ccc2-c2ccccc21. The maximum Gasteiger partial charge on any atom is 0.165 e. The number of aliphatic hydroxyl groups excluding tert-OH is 1. The minimum atomic E-state index is -0.358. The van der Waals surface area contributed by atoms with Crippen LogP contribution in [0.4, 0.5) is 0 Å². The molecule has 0 saturated carbocycles. The Labute approximate surface area is 193 Å². The molecule has 5 heteroatoms. The first kappa shape index (κ1) is 22.1. The summed E-state index contributed by atoms with van der Waals surface area (Å²) >= 11 is 8.32. The van der Waals surface area contributed by atoms with Crippen LogP contribution in [-0.4, -0.2) is 25.4 Å². The number of para-hydroxylation sites is 1. The molecule has 0 saturated heterocycles. The fourth-order valence-electron chi connectivity index (χ4n) is 4.29. The van der Waals surface area contributed by atoms with E-state index in [0.717, 1.165) is 28.9 Å². The standard InChI is InChI=1S/C26H27ClO3S/c1-4-17(28)15-24-20-9-6-5-8-18(20)19-13-12-16(27)14-22(19)26(31-24)21-10-7-11-23(29-2)25(21)30-3/h5-14,17,24,26,28H,4,15H2,1-3H3/t17?,24-,26-/m1/s1. The van der Waals surface area contributed by atoms with E-state index in [1.807, 2.05) is 36.9 Å². The molecule has 162 valence electrons. The Hall–Kier alpha value is -2.14. The van der Waals surface area contributed by atoms with Crippen molar-refractivity contribution in [2.45, 2.75) is 36.4 Å². The molecular weight excluding hydrogens is 428 g/mol. The van der Waals surface area contributed by atoms with Crippen LogP contribution in [0.5, 0.6) is 11.5 Å². The van der Waals surface area contributed by atoms with Crippen LogP contribution in [0.25, 0.3) is 11.1 Å². The van der Waals surface area contributed by atoms with E-state index in [-0.39, 0.29) is 16.6 Å². The molecule has 3 nitrogen and oxygen atoms in total. The summed E-state index contributed by atoms with van der Waals surface area (Å²) in [6.45, 7) is 2.02. The van der Waals surface area contributed by atoms with Crippen LogP contribution in [0, 0.1) is 0 Å². The first-order valence-corrected chi connectivity index (χ1v) is 11.8. The number of thioether (sulfide) groups is 1. The third-order valence-electron chi connectivity index (χ3n) is 5.87. The van der Waals surface area contributed by atoms with Gasteiger partial charge >= 0.3 is 0 Å². The minimum Gasteiger partial charge on any atom is -0.493 e. The summed E-state index contributed by atoms with van der Waals surface area (Å²) in [6, 6.07) is 20.6. The number of halogens is 1. The van der Waals surface area contributed by atoms with Gasteiger partial charge < -0.3 is 14.6 Å². The summed E-state index contributed by atoms with van der Waals surface area (Å²) in [4.78, 5) is 0. The Bertz CT molecular complexity index is 1070. The Morgan fingerprint density at radius 1 is 0.935 bits per heavy atom. The summed E-state index contributed by atoms with van der Waals surface area (Å²) < 4.78 is 11.4. The Morgan fingerprint density at radius 3 is 2.42 bits per heavy atom. The van der Waals surface area contributed by atoms with Gasteiger partial charge in [-0.15, -0.1) is 11.8 Å². The molecule has 3 aromatic carbocycles. The summed E-state index contributed by atoms with van der Waals surface area (Å²) in [5.41, 5.74) is 5.78. The molecule has 0 radical (unpaired) electrons. The van der Waals surface area contributed by atoms with Crippen molar-refractivity contribution in [2.75, 3.05) is 14.2 Å². The molecule has 1 aliphatic heterocycles. The second-order valence-corrected chi connectivity index (χ2v) is 9.45. The molecule has 3 atom stereocenters. The lowest BCUT2D eigenvalue weighted by Crippen LogP contribution is -2.11. The van der Waals surface area contributed by atoms with E-state index in [9.17, 15) is 5.11 Å². The van der Waals surface area contributed by atoms with Gasteiger partial charge in [0.1, 0.15) is 0 Å². The van der Waals surface area contributed by atoms with Gasteiger partial charge in [0.25, 0.3) is 0 Å². The lowest BCUT2D eigenvalue weighted by Gasteiger charge is -2.26. The van der Waals surface area contributed by atoms with Crippen LogP contribution in [-0.2, 0) is 0 Å². The number of hydrogen-bond acceptors (Lipinski definition) is 4. The molecule has 0 bridgehead atoms. The zero-order chi connectivity index (χ0) is 22.0. The van der Waals surface area contributed by atoms with Gasteiger partial charge in [-0.25, -0.2) is 0 Å². The van der Waals surface area contributed by atoms with E-state index < -0.39 is 0 Å². The molecule has 0 aromatic heterocycles. The molecule has 4 rings (SSSR count). The van der Waals surface area contributed by atoms with Gasteiger partial charge in [-0.2, -0.15) is 0 Å². The van der Waals surface area contributed by atoms with E-state index in [1.165, 1.54) is 11.1 Å². The molecule has 0 spiro atoms. The number of rotatable bonds is 6. The lowest BCUT2D eigenvalue weighted by molar-refractivity contribution is 0.160. The average molecular weight is 455 g/mol. The average Bonchev–Trinajstić information content (AvgIpc) is 2.93. The summed E-state index contributed by atoms with van der Waals surface area (Å²) in [7, 11) is 3.33. The molecule has 1 aliphatic rings. The van der Waals surface area contributed by atoms with Crippen molar-refractivity contribution in [3.63, 3.8) is 0 Å². The van der Waals surface area contributed by atoms with E-state index in [0.29, 0.717) is 17.2 Å². The van der Waals surface area contributed by atoms with Crippen LogP contribution >= 0.6 is 23.4 Å². The molecule has 1 N–H and O–H groups in total. The number of methoxy groups -OCH3 is 2. The molecule has 0 amide bonds. The first-order chi connectivity index (χ1) is 15.1. The Balaban J connectivity index is 1.95. The molecule has 1 heterocycles. The predicted octanol–water partition coefficient (Wildman–Crippen LogP) is 7.06. The van der Waals surface area contributed by atoms with Gasteiger partial charge in [-0.3, -0.25) is 0 Å². The quantitative estimate of drug-likeness (QED) is 0.432. The zero-order valence-corrected chi connectivity index (χ0v) is 19.5. The van der Waals surface area contributed by atoms with Crippen LogP contribution in [0.15, 0.2) is 60.7 Å². The third kappa shape index (κ3) is 4.30. The van der Waals surface area contributed by atoms with Crippen molar-refractivity contribution in [1.82, 2.24) is 0 Å². The van der Waals surface area contributed by atoms with Gasteiger partial charge in [-0.05, 0) is 53.3 Å². The topological polar surface area (TPSA) is 38.7 Å². The van der Waals surface area contributed by atoms with Gasteiger partial charge in [0, 0.05) is 15.8 Å². The third-order valence-corrected chi connectivity index (χ3v) is 7.66. The van der Waals surface area contributed by atoms with Gasteiger partial charge in [-0.1, -0.05) is 61.0 Å². The van der Waals surface area contributed by atoms with Gasteiger partial charge in [0.05, 0.1) is 25.6 Å². The van der Waals surface area contributed by atoms with Crippen molar-refractivity contribution in [3.05, 3.63) is 82.4 Å². The number of fused-ring (bicyclic) bond motifs is 3. The summed E-state index contributed by atoms with van der Waals surface area (Å²) in [6.07, 6.45) is 1.05. The van der Waals surface area contributed by atoms with E-state index in [2.05, 4.69) is 42.5 Å². The minimum absolute atomic E-state index is 0.0276. The second-order valence-electron chi connectivity index (χ2n) is 7.70. The Kier molecular flexibility index (Phi) is 6.80. The maximum atomic E-state index is 10.5. The van der Waals surface area contributed by atoms with Crippen molar-refractivity contribution in [2.24, 2.45) is 0 Å². The van der Waals surface area contributed by atoms with Crippen molar-refractivity contribution < 1.29 is 14.6 Å². The maximum absolute atomic E-state index is 10.5. The molecule has 3 aromatic rings.